The lowest BCUT2D eigenvalue weighted by Gasteiger charge is -2.16. The molecule has 3 nitrogen and oxygen atoms in total. The predicted octanol–water partition coefficient (Wildman–Crippen LogP) is 4.55. The number of benzene rings is 1. The minimum Gasteiger partial charge on any atom is -0.388 e. The van der Waals surface area contributed by atoms with Gasteiger partial charge in [0.1, 0.15) is 5.01 Å². The second-order valence-corrected chi connectivity index (χ2v) is 7.27. The van der Waals surface area contributed by atoms with E-state index in [4.69, 9.17) is 23.2 Å². The van der Waals surface area contributed by atoms with Gasteiger partial charge in [-0.25, -0.2) is 4.98 Å². The second kappa shape index (κ2) is 5.76. The first-order chi connectivity index (χ1) is 9.97. The molecule has 1 aliphatic rings. The molecule has 0 aliphatic heterocycles. The van der Waals surface area contributed by atoms with Gasteiger partial charge in [0.05, 0.1) is 32.4 Å². The standard InChI is InChI=1S/C15H16Cl2N2OS/c1-19(2)13-9(16)6-8(7-10(13)17)15-18-11-4-3-5-12(20)14(11)21-15/h6-7,12,20H,3-5H2,1-2H3. The number of aliphatic hydroxyl groups excluding tert-OH is 1. The van der Waals surface area contributed by atoms with Crippen LogP contribution in [0.25, 0.3) is 10.6 Å². The molecule has 0 amide bonds. The number of anilines is 1. The van der Waals surface area contributed by atoms with Gasteiger partial charge in [-0.1, -0.05) is 23.2 Å². The third-order valence-corrected chi connectivity index (χ3v) is 5.46. The van der Waals surface area contributed by atoms with Crippen LogP contribution in [-0.4, -0.2) is 24.2 Å². The van der Waals surface area contributed by atoms with Crippen molar-refractivity contribution in [3.8, 4) is 10.6 Å². The van der Waals surface area contributed by atoms with Gasteiger partial charge in [-0.3, -0.25) is 0 Å². The molecular formula is C15H16Cl2N2OS. The summed E-state index contributed by atoms with van der Waals surface area (Å²) in [6, 6.07) is 3.78. The van der Waals surface area contributed by atoms with Crippen molar-refractivity contribution >= 4 is 40.2 Å². The van der Waals surface area contributed by atoms with Crippen LogP contribution in [0.5, 0.6) is 0 Å². The van der Waals surface area contributed by atoms with E-state index in [9.17, 15) is 5.11 Å². The van der Waals surface area contributed by atoms with Crippen molar-refractivity contribution in [3.05, 3.63) is 32.7 Å². The Morgan fingerprint density at radius 1 is 1.29 bits per heavy atom. The maximum absolute atomic E-state index is 10.1. The predicted molar refractivity (Wildman–Crippen MR) is 89.8 cm³/mol. The normalized spacial score (nSPS) is 17.7. The molecule has 1 atom stereocenters. The van der Waals surface area contributed by atoms with Crippen LogP contribution in [0.4, 0.5) is 5.69 Å². The molecular weight excluding hydrogens is 327 g/mol. The van der Waals surface area contributed by atoms with E-state index in [1.165, 1.54) is 11.3 Å². The van der Waals surface area contributed by atoms with Gasteiger partial charge in [0.15, 0.2) is 0 Å². The Morgan fingerprint density at radius 2 is 1.95 bits per heavy atom. The summed E-state index contributed by atoms with van der Waals surface area (Å²) in [5, 5.41) is 12.1. The Morgan fingerprint density at radius 3 is 2.52 bits per heavy atom. The molecule has 1 unspecified atom stereocenters. The Hall–Kier alpha value is -0.810. The Labute approximate surface area is 138 Å². The molecule has 0 bridgehead atoms. The Bertz CT molecular complexity index is 661. The molecule has 1 aliphatic carbocycles. The molecule has 6 heteroatoms. The smallest absolute Gasteiger partial charge is 0.124 e. The van der Waals surface area contributed by atoms with E-state index in [2.05, 4.69) is 4.98 Å². The zero-order chi connectivity index (χ0) is 15.1. The summed E-state index contributed by atoms with van der Waals surface area (Å²) in [5.41, 5.74) is 2.73. The highest BCUT2D eigenvalue weighted by molar-refractivity contribution is 7.15. The van der Waals surface area contributed by atoms with E-state index < -0.39 is 0 Å². The minimum atomic E-state index is -0.382. The summed E-state index contributed by atoms with van der Waals surface area (Å²) in [5.74, 6) is 0. The van der Waals surface area contributed by atoms with Gasteiger partial charge in [-0.2, -0.15) is 0 Å². The average molecular weight is 343 g/mol. The van der Waals surface area contributed by atoms with Crippen LogP contribution in [0.1, 0.15) is 29.5 Å². The molecule has 0 fully saturated rings. The highest BCUT2D eigenvalue weighted by atomic mass is 35.5. The van der Waals surface area contributed by atoms with E-state index >= 15 is 0 Å². The molecule has 0 spiro atoms. The molecule has 0 saturated carbocycles. The maximum Gasteiger partial charge on any atom is 0.124 e. The van der Waals surface area contributed by atoms with Crippen molar-refractivity contribution in [1.29, 1.82) is 0 Å². The largest absolute Gasteiger partial charge is 0.388 e. The molecule has 3 rings (SSSR count). The molecule has 1 aromatic carbocycles. The van der Waals surface area contributed by atoms with Crippen LogP contribution < -0.4 is 4.90 Å². The SMILES string of the molecule is CN(C)c1c(Cl)cc(-c2nc3c(s2)C(O)CCC3)cc1Cl. The first kappa shape index (κ1) is 15.1. The summed E-state index contributed by atoms with van der Waals surface area (Å²) in [6.07, 6.45) is 2.35. The van der Waals surface area contributed by atoms with Crippen LogP contribution in [0.3, 0.4) is 0 Å². The average Bonchev–Trinajstić information content (AvgIpc) is 2.82. The molecule has 1 aromatic heterocycles. The number of hydrogen-bond acceptors (Lipinski definition) is 4. The number of halogens is 2. The zero-order valence-corrected chi connectivity index (χ0v) is 14.2. The van der Waals surface area contributed by atoms with Crippen LogP contribution in [-0.2, 0) is 6.42 Å². The van der Waals surface area contributed by atoms with Gasteiger partial charge in [-0.05, 0) is 31.4 Å². The summed E-state index contributed by atoms with van der Waals surface area (Å²) < 4.78 is 0. The number of hydrogen-bond donors (Lipinski definition) is 1. The number of rotatable bonds is 2. The monoisotopic (exact) mass is 342 g/mol. The maximum atomic E-state index is 10.1. The number of nitrogens with zero attached hydrogens (tertiary/aromatic N) is 2. The van der Waals surface area contributed by atoms with Gasteiger partial charge < -0.3 is 10.0 Å². The van der Waals surface area contributed by atoms with E-state index in [-0.39, 0.29) is 6.10 Å². The number of fused-ring (bicyclic) bond motifs is 1. The van der Waals surface area contributed by atoms with Crippen LogP contribution >= 0.6 is 34.5 Å². The number of aliphatic hydroxyl groups is 1. The number of aryl methyl sites for hydroxylation is 1. The van der Waals surface area contributed by atoms with Crippen molar-refractivity contribution in [2.75, 3.05) is 19.0 Å². The van der Waals surface area contributed by atoms with Crippen molar-refractivity contribution < 1.29 is 5.11 Å². The summed E-state index contributed by atoms with van der Waals surface area (Å²) in [6.45, 7) is 0. The van der Waals surface area contributed by atoms with E-state index in [0.29, 0.717) is 10.0 Å². The molecule has 0 radical (unpaired) electrons. The quantitative estimate of drug-likeness (QED) is 0.869. The van der Waals surface area contributed by atoms with E-state index in [1.807, 2.05) is 31.1 Å². The lowest BCUT2D eigenvalue weighted by molar-refractivity contribution is 0.160. The van der Waals surface area contributed by atoms with E-state index in [1.54, 1.807) is 0 Å². The summed E-state index contributed by atoms with van der Waals surface area (Å²) >= 11 is 14.2. The lowest BCUT2D eigenvalue weighted by atomic mass is 10.0. The molecule has 2 aromatic rings. The summed E-state index contributed by atoms with van der Waals surface area (Å²) in [4.78, 5) is 7.54. The fourth-order valence-electron chi connectivity index (χ4n) is 2.64. The van der Waals surface area contributed by atoms with Crippen LogP contribution in [0.15, 0.2) is 12.1 Å². The topological polar surface area (TPSA) is 36.4 Å². The van der Waals surface area contributed by atoms with Crippen molar-refractivity contribution in [3.63, 3.8) is 0 Å². The number of thiazole rings is 1. The Balaban J connectivity index is 2.05. The molecule has 21 heavy (non-hydrogen) atoms. The first-order valence-corrected chi connectivity index (χ1v) is 8.39. The van der Waals surface area contributed by atoms with Gasteiger partial charge in [0.25, 0.3) is 0 Å². The number of aromatic nitrogens is 1. The molecule has 1 heterocycles. The Kier molecular flexibility index (Phi) is 4.14. The first-order valence-electron chi connectivity index (χ1n) is 6.81. The van der Waals surface area contributed by atoms with Crippen molar-refractivity contribution in [2.45, 2.75) is 25.4 Å². The molecule has 112 valence electrons. The van der Waals surface area contributed by atoms with Gasteiger partial charge >= 0.3 is 0 Å². The fourth-order valence-corrected chi connectivity index (χ4v) is 4.58. The molecule has 0 saturated heterocycles. The minimum absolute atomic E-state index is 0.382. The zero-order valence-electron chi connectivity index (χ0n) is 11.9. The molecule has 1 N–H and O–H groups in total. The lowest BCUT2D eigenvalue weighted by Crippen LogP contribution is -2.09. The third kappa shape index (κ3) is 2.78. The highest BCUT2D eigenvalue weighted by Crippen LogP contribution is 2.41. The van der Waals surface area contributed by atoms with Crippen molar-refractivity contribution in [2.24, 2.45) is 0 Å². The summed E-state index contributed by atoms with van der Waals surface area (Å²) in [7, 11) is 3.82. The van der Waals surface area contributed by atoms with Gasteiger partial charge in [-0.15, -0.1) is 11.3 Å². The van der Waals surface area contributed by atoms with Crippen molar-refractivity contribution in [1.82, 2.24) is 4.98 Å². The van der Waals surface area contributed by atoms with Gasteiger partial charge in [0.2, 0.25) is 0 Å². The van der Waals surface area contributed by atoms with Crippen LogP contribution in [0.2, 0.25) is 10.0 Å². The van der Waals surface area contributed by atoms with Crippen LogP contribution in [0, 0.1) is 0 Å². The highest BCUT2D eigenvalue weighted by Gasteiger charge is 2.23. The second-order valence-electron chi connectivity index (χ2n) is 5.42. The third-order valence-electron chi connectivity index (χ3n) is 3.63. The van der Waals surface area contributed by atoms with E-state index in [0.717, 1.165) is 46.1 Å². The van der Waals surface area contributed by atoms with Gasteiger partial charge in [0, 0.05) is 19.7 Å². The fraction of sp³-hybridized carbons (Fsp3) is 0.400.